The molecule has 0 N–H and O–H groups in total. The van der Waals surface area contributed by atoms with Crippen LogP contribution in [0.3, 0.4) is 0 Å². The molecular weight excluding hydrogens is 835 g/mol. The van der Waals surface area contributed by atoms with Crippen LogP contribution in [0.25, 0.3) is 75.4 Å². The molecular formula is C61H57N5S. The molecule has 0 aliphatic carbocycles. The minimum Gasteiger partial charge on any atom is -0.317 e. The lowest BCUT2D eigenvalue weighted by Gasteiger charge is -2.11. The van der Waals surface area contributed by atoms with Gasteiger partial charge in [0.2, 0.25) is 0 Å². The van der Waals surface area contributed by atoms with E-state index in [9.17, 15) is 0 Å². The summed E-state index contributed by atoms with van der Waals surface area (Å²) in [6.07, 6.45) is 9.22. The van der Waals surface area contributed by atoms with Crippen molar-refractivity contribution in [3.8, 4) is 22.5 Å². The Hall–Kier alpha value is -7.93. The third-order valence-corrected chi connectivity index (χ3v) is 12.2. The van der Waals surface area contributed by atoms with Crippen molar-refractivity contribution >= 4 is 82.6 Å². The largest absolute Gasteiger partial charge is 0.317 e. The molecule has 67 heavy (non-hydrogen) atoms. The van der Waals surface area contributed by atoms with Gasteiger partial charge in [-0.05, 0) is 97.1 Å². The molecule has 0 bridgehead atoms. The second-order valence-electron chi connectivity index (χ2n) is 15.1. The van der Waals surface area contributed by atoms with Crippen LogP contribution in [-0.4, -0.2) is 27.5 Å². The van der Waals surface area contributed by atoms with Crippen LogP contribution in [0, 0.1) is 0 Å². The van der Waals surface area contributed by atoms with Crippen LogP contribution in [0.4, 0.5) is 0 Å². The van der Waals surface area contributed by atoms with E-state index in [-0.39, 0.29) is 0 Å². The first-order chi connectivity index (χ1) is 33.0. The van der Waals surface area contributed by atoms with Gasteiger partial charge in [0.05, 0.1) is 23.1 Å². The van der Waals surface area contributed by atoms with Crippen LogP contribution in [0.15, 0.2) is 235 Å². The number of rotatable bonds is 9. The zero-order chi connectivity index (χ0) is 47.3. The average Bonchev–Trinajstić information content (AvgIpc) is 4.07. The molecule has 0 aliphatic heterocycles. The van der Waals surface area contributed by atoms with Crippen molar-refractivity contribution in [2.45, 2.75) is 41.2 Å². The first-order valence-electron chi connectivity index (χ1n) is 22.9. The van der Waals surface area contributed by atoms with Crippen molar-refractivity contribution in [3.63, 3.8) is 0 Å². The maximum absolute atomic E-state index is 4.96. The Balaban J connectivity index is 0.000000905. The highest BCUT2D eigenvalue weighted by atomic mass is 32.1. The first-order valence-corrected chi connectivity index (χ1v) is 23.7. The predicted molar refractivity (Wildman–Crippen MR) is 297 cm³/mol. The molecule has 332 valence electrons. The van der Waals surface area contributed by atoms with Gasteiger partial charge in [-0.15, -0.1) is 17.9 Å². The van der Waals surface area contributed by atoms with Crippen molar-refractivity contribution < 1.29 is 0 Å². The van der Waals surface area contributed by atoms with Gasteiger partial charge in [0.15, 0.2) is 11.7 Å². The number of thiophene rings is 1. The molecule has 0 saturated carbocycles. The molecule has 0 unspecified atom stereocenters. The molecule has 0 aliphatic rings. The first kappa shape index (κ1) is 47.0. The van der Waals surface area contributed by atoms with Gasteiger partial charge in [0, 0.05) is 65.0 Å². The van der Waals surface area contributed by atoms with Gasteiger partial charge >= 0.3 is 0 Å². The maximum atomic E-state index is 4.96. The topological polar surface area (TPSA) is 46.9 Å². The normalized spacial score (nSPS) is 11.6. The van der Waals surface area contributed by atoms with Crippen LogP contribution in [0.1, 0.15) is 45.7 Å². The molecule has 0 spiro atoms. The zero-order valence-electron chi connectivity index (χ0n) is 39.2. The average molecular weight is 892 g/mol. The summed E-state index contributed by atoms with van der Waals surface area (Å²) >= 11 is 1.86. The molecule has 3 aromatic heterocycles. The fourth-order valence-corrected chi connectivity index (χ4v) is 9.32. The smallest absolute Gasteiger partial charge is 0.161 e. The number of hydrogen-bond acceptors (Lipinski definition) is 2. The Bertz CT molecular complexity index is 3430. The number of amidine groups is 2. The third kappa shape index (κ3) is 9.86. The summed E-state index contributed by atoms with van der Waals surface area (Å²) in [5, 5.41) is 6.27. The van der Waals surface area contributed by atoms with Gasteiger partial charge in [0.25, 0.3) is 0 Å². The summed E-state index contributed by atoms with van der Waals surface area (Å²) in [6.45, 7) is 25.3. The monoisotopic (exact) mass is 891 g/mol. The second-order valence-corrected chi connectivity index (χ2v) is 16.1. The Morgan fingerprint density at radius 2 is 1.27 bits per heavy atom. The van der Waals surface area contributed by atoms with E-state index >= 15 is 0 Å². The van der Waals surface area contributed by atoms with Gasteiger partial charge in [-0.2, -0.15) is 0 Å². The van der Waals surface area contributed by atoms with Crippen LogP contribution in [0.5, 0.6) is 0 Å². The Kier molecular flexibility index (Phi) is 15.7. The molecule has 10 rings (SSSR count). The summed E-state index contributed by atoms with van der Waals surface area (Å²) in [6, 6.07) is 58.3. The van der Waals surface area contributed by atoms with Gasteiger partial charge in [-0.25, -0.2) is 9.98 Å². The van der Waals surface area contributed by atoms with Gasteiger partial charge in [-0.1, -0.05) is 162 Å². The highest BCUT2D eigenvalue weighted by Crippen LogP contribution is 2.42. The van der Waals surface area contributed by atoms with E-state index in [0.29, 0.717) is 18.2 Å². The molecule has 7 aromatic carbocycles. The fraction of sp³-hybridized carbons (Fsp3) is 0.0984. The number of fused-ring (bicyclic) bond motifs is 7. The maximum Gasteiger partial charge on any atom is 0.161 e. The van der Waals surface area contributed by atoms with E-state index in [1.165, 1.54) is 52.9 Å². The highest BCUT2D eigenvalue weighted by molar-refractivity contribution is 7.25. The summed E-state index contributed by atoms with van der Waals surface area (Å²) in [5.74, 6) is 1.01. The number of allylic oxidation sites excluding steroid dienone is 3. The highest BCUT2D eigenvalue weighted by Gasteiger charge is 2.18. The van der Waals surface area contributed by atoms with Crippen LogP contribution >= 0.6 is 11.3 Å². The van der Waals surface area contributed by atoms with Crippen molar-refractivity contribution in [1.29, 1.82) is 0 Å². The summed E-state index contributed by atoms with van der Waals surface area (Å²) in [5.41, 5.74) is 10.7. The molecule has 0 atom stereocenters. The van der Waals surface area contributed by atoms with Crippen LogP contribution in [0.2, 0.25) is 0 Å². The SMILES string of the molecule is C=C/C=C(\C=C)C(=NCc1cccc(-c2ccc(-n3c4cc5ccn(-c6ccccc6)c5cc4c4cc5c(cc43)sc3ccccc35)cc2)c1)N=C(N=C)c1ccccc1.C=CC.CC.CC. The van der Waals surface area contributed by atoms with E-state index in [0.717, 1.165) is 39.2 Å². The second kappa shape index (κ2) is 22.3. The summed E-state index contributed by atoms with van der Waals surface area (Å²) < 4.78 is 7.31. The molecule has 3 heterocycles. The van der Waals surface area contributed by atoms with E-state index < -0.39 is 0 Å². The van der Waals surface area contributed by atoms with Crippen molar-refractivity contribution in [2.75, 3.05) is 0 Å². The predicted octanol–water partition coefficient (Wildman–Crippen LogP) is 17.4. The Morgan fingerprint density at radius 3 is 1.97 bits per heavy atom. The van der Waals surface area contributed by atoms with Crippen molar-refractivity contribution in [2.24, 2.45) is 15.0 Å². The molecule has 6 heteroatoms. The molecule has 0 fully saturated rings. The van der Waals surface area contributed by atoms with Crippen LogP contribution < -0.4 is 0 Å². The number of nitrogens with zero attached hydrogens (tertiary/aromatic N) is 5. The lowest BCUT2D eigenvalue weighted by atomic mass is 10.0. The van der Waals surface area contributed by atoms with Crippen molar-refractivity contribution in [3.05, 3.63) is 231 Å². The lowest BCUT2D eigenvalue weighted by molar-refractivity contribution is 1.06. The molecule has 0 radical (unpaired) electrons. The molecule has 0 saturated heterocycles. The number of para-hydroxylation sites is 1. The minimum atomic E-state index is 0.417. The van der Waals surface area contributed by atoms with Crippen LogP contribution in [-0.2, 0) is 6.54 Å². The molecule has 5 nitrogen and oxygen atoms in total. The van der Waals surface area contributed by atoms with Gasteiger partial charge in [0.1, 0.15) is 0 Å². The molecule has 0 amide bonds. The standard InChI is InChI=1S/C54H39N5S.C3H6.2C2H6/c1-4-15-37(5-2)54(57-53(55-3)39-17-8-6-9-18-39)56-35-36-16-14-19-40(30-36)38-24-26-43(27-25-38)59-49-31-41-28-29-58(42-20-10-7-11-21-42)48(41)33-46(49)45-32-47-44-22-12-13-23-51(44)60-52(47)34-50(45)59;1-3-2;2*1-2/h4-34H,1-3,35H2;3H,1H2,2H3;2*1-2H3/b37-15+,56-54?,57-53?;;;. The van der Waals surface area contributed by atoms with Gasteiger partial charge < -0.3 is 9.13 Å². The van der Waals surface area contributed by atoms with E-state index in [1.54, 1.807) is 18.2 Å². The lowest BCUT2D eigenvalue weighted by Crippen LogP contribution is -2.05. The zero-order valence-corrected chi connectivity index (χ0v) is 40.0. The van der Waals surface area contributed by atoms with E-state index in [4.69, 9.17) is 9.98 Å². The Morgan fingerprint density at radius 1 is 0.597 bits per heavy atom. The quantitative estimate of drug-likeness (QED) is 0.0600. The van der Waals surface area contributed by atoms with Crippen molar-refractivity contribution in [1.82, 2.24) is 9.13 Å². The summed E-state index contributed by atoms with van der Waals surface area (Å²) in [4.78, 5) is 14.0. The number of aliphatic imine (C=N–C) groups is 3. The fourth-order valence-electron chi connectivity index (χ4n) is 8.20. The third-order valence-electron chi connectivity index (χ3n) is 11.1. The van der Waals surface area contributed by atoms with Gasteiger partial charge in [-0.3, -0.25) is 4.99 Å². The number of hydrogen-bond donors (Lipinski definition) is 0. The summed E-state index contributed by atoms with van der Waals surface area (Å²) in [7, 11) is 0. The Labute approximate surface area is 399 Å². The number of aromatic nitrogens is 2. The van der Waals surface area contributed by atoms with E-state index in [1.807, 2.05) is 82.4 Å². The minimum absolute atomic E-state index is 0.417. The molecule has 10 aromatic rings. The van der Waals surface area contributed by atoms with E-state index in [2.05, 4.69) is 180 Å². The number of benzene rings is 7.